The number of halogens is 8. The third-order valence-corrected chi connectivity index (χ3v) is 7.30. The highest BCUT2D eigenvalue weighted by molar-refractivity contribution is 5.78. The number of hydrogen-bond acceptors (Lipinski definition) is 0. The minimum absolute atomic E-state index is 0.00507. The average molecular weight is 514 g/mol. The largest absolute Gasteiger partial charge is 0.416 e. The van der Waals surface area contributed by atoms with E-state index in [1.807, 2.05) is 31.5 Å². The first-order valence-electron chi connectivity index (χ1n) is 11.5. The number of hydrogen-bond donors (Lipinski definition) is 0. The van der Waals surface area contributed by atoms with Crippen LogP contribution in [-0.4, -0.2) is 0 Å². The number of fused-ring (bicyclic) bond motifs is 3. The highest BCUT2D eigenvalue weighted by Gasteiger charge is 2.46. The van der Waals surface area contributed by atoms with E-state index >= 15 is 8.78 Å². The Morgan fingerprint density at radius 2 is 1.36 bits per heavy atom. The van der Waals surface area contributed by atoms with Gasteiger partial charge < -0.3 is 0 Å². The summed E-state index contributed by atoms with van der Waals surface area (Å²) in [5, 5.41) is 0. The molecule has 0 aliphatic carbocycles. The van der Waals surface area contributed by atoms with Crippen molar-refractivity contribution in [1.29, 1.82) is 0 Å². The van der Waals surface area contributed by atoms with Gasteiger partial charge in [0, 0.05) is 30.9 Å². The van der Waals surface area contributed by atoms with Gasteiger partial charge in [0.2, 0.25) is 5.69 Å². The van der Waals surface area contributed by atoms with Crippen LogP contribution >= 0.6 is 0 Å². The van der Waals surface area contributed by atoms with Crippen LogP contribution in [0.25, 0.3) is 22.4 Å². The van der Waals surface area contributed by atoms with Gasteiger partial charge in [0.05, 0.1) is 22.3 Å². The Balaban J connectivity index is 2.10. The molecule has 0 fully saturated rings. The van der Waals surface area contributed by atoms with Crippen LogP contribution in [0.5, 0.6) is 0 Å². The molecular formula is C27H24F8N+. The maximum Gasteiger partial charge on any atom is 0.416 e. The Labute approximate surface area is 203 Å². The first-order chi connectivity index (χ1) is 16.6. The molecule has 0 bridgehead atoms. The molecule has 4 rings (SSSR count). The van der Waals surface area contributed by atoms with Crippen molar-refractivity contribution in [3.63, 3.8) is 0 Å². The Morgan fingerprint density at radius 3 is 1.86 bits per heavy atom. The Hall–Kier alpha value is -2.97. The molecule has 1 aromatic heterocycles. The van der Waals surface area contributed by atoms with Crippen LogP contribution in [0, 0.1) is 25.5 Å². The summed E-state index contributed by atoms with van der Waals surface area (Å²) in [6.07, 6.45) is -6.88. The van der Waals surface area contributed by atoms with Crippen molar-refractivity contribution < 1.29 is 39.7 Å². The summed E-state index contributed by atoms with van der Waals surface area (Å²) in [5.41, 5.74) is -3.84. The van der Waals surface area contributed by atoms with E-state index in [1.165, 1.54) is 6.92 Å². The molecule has 1 nitrogen and oxygen atoms in total. The highest BCUT2D eigenvalue weighted by atomic mass is 19.4. The van der Waals surface area contributed by atoms with E-state index in [-0.39, 0.29) is 23.6 Å². The zero-order chi connectivity index (χ0) is 26.8. The summed E-state index contributed by atoms with van der Waals surface area (Å²) in [4.78, 5) is 0. The minimum atomic E-state index is -5.14. The summed E-state index contributed by atoms with van der Waals surface area (Å²) in [6.45, 7) is 7.17. The van der Waals surface area contributed by atoms with E-state index in [9.17, 15) is 26.3 Å². The van der Waals surface area contributed by atoms with Gasteiger partial charge in [0.1, 0.15) is 11.6 Å². The van der Waals surface area contributed by atoms with Gasteiger partial charge in [0.15, 0.2) is 11.7 Å². The third kappa shape index (κ3) is 4.06. The molecular weight excluding hydrogens is 490 g/mol. The van der Waals surface area contributed by atoms with Gasteiger partial charge in [-0.15, -0.1) is 0 Å². The lowest BCUT2D eigenvalue weighted by Crippen LogP contribution is -2.60. The molecule has 2 heterocycles. The molecule has 0 amide bonds. The topological polar surface area (TPSA) is 3.88 Å². The number of rotatable bonds is 3. The maximum atomic E-state index is 16.2. The molecule has 0 atom stereocenters. The Morgan fingerprint density at radius 1 is 0.806 bits per heavy atom. The van der Waals surface area contributed by atoms with Crippen molar-refractivity contribution in [3.05, 3.63) is 76.0 Å². The van der Waals surface area contributed by atoms with Crippen molar-refractivity contribution in [2.75, 3.05) is 0 Å². The van der Waals surface area contributed by atoms with E-state index in [1.54, 1.807) is 12.1 Å². The number of nitrogens with zero attached hydrogens (tertiary/aromatic N) is 1. The van der Waals surface area contributed by atoms with E-state index < -0.39 is 51.8 Å². The quantitative estimate of drug-likeness (QED) is 0.245. The summed E-state index contributed by atoms with van der Waals surface area (Å²) in [6, 6.07) is 4.05. The van der Waals surface area contributed by atoms with Gasteiger partial charge in [-0.1, -0.05) is 13.8 Å². The van der Waals surface area contributed by atoms with Crippen LogP contribution in [0.15, 0.2) is 36.5 Å². The lowest BCUT2D eigenvalue weighted by Gasteiger charge is -2.34. The first-order valence-corrected chi connectivity index (χ1v) is 11.5. The zero-order valence-electron chi connectivity index (χ0n) is 20.1. The monoisotopic (exact) mass is 514 g/mol. The first kappa shape index (κ1) is 26.1. The van der Waals surface area contributed by atoms with Crippen molar-refractivity contribution in [3.8, 4) is 22.4 Å². The molecule has 0 N–H and O–H groups in total. The fraction of sp³-hybridized carbons (Fsp3) is 0.370. The predicted octanol–water partition coefficient (Wildman–Crippen LogP) is 8.31. The lowest BCUT2D eigenvalue weighted by atomic mass is 9.76. The standard InChI is InChI=1S/C27H24F8N/c1-5-25(6-2)12-19-15(4)23(28)21(24(29)22(19)20-8-7-14(3)13-36(20)25)16-9-17(26(30,31)32)11-18(10-16)27(33,34)35/h7-11,13H,5-6,12H2,1-4H3/q+1. The van der Waals surface area contributed by atoms with Crippen LogP contribution in [0.4, 0.5) is 35.1 Å². The number of pyridine rings is 1. The molecule has 192 valence electrons. The Kier molecular flexibility index (Phi) is 6.21. The second-order valence-corrected chi connectivity index (χ2v) is 9.35. The number of alkyl halides is 6. The molecule has 0 radical (unpaired) electrons. The van der Waals surface area contributed by atoms with Gasteiger partial charge in [0.25, 0.3) is 0 Å². The van der Waals surface area contributed by atoms with E-state index in [0.29, 0.717) is 36.2 Å². The lowest BCUT2D eigenvalue weighted by molar-refractivity contribution is -0.758. The van der Waals surface area contributed by atoms with E-state index in [2.05, 4.69) is 0 Å². The fourth-order valence-corrected chi connectivity index (χ4v) is 5.16. The normalized spacial score (nSPS) is 15.0. The van der Waals surface area contributed by atoms with Crippen LogP contribution in [0.3, 0.4) is 0 Å². The van der Waals surface area contributed by atoms with Gasteiger partial charge in [-0.2, -0.15) is 30.9 Å². The molecule has 1 aliphatic heterocycles. The van der Waals surface area contributed by atoms with Crippen LogP contribution < -0.4 is 4.57 Å². The number of aromatic nitrogens is 1. The van der Waals surface area contributed by atoms with Crippen LogP contribution in [0.2, 0.25) is 0 Å². The van der Waals surface area contributed by atoms with Crippen molar-refractivity contribution in [2.24, 2.45) is 0 Å². The zero-order valence-corrected chi connectivity index (χ0v) is 20.1. The molecule has 0 spiro atoms. The van der Waals surface area contributed by atoms with Crippen molar-refractivity contribution in [1.82, 2.24) is 0 Å². The summed E-state index contributed by atoms with van der Waals surface area (Å²) in [7, 11) is 0. The van der Waals surface area contributed by atoms with Crippen molar-refractivity contribution >= 4 is 0 Å². The Bertz CT molecular complexity index is 1320. The molecule has 1 aliphatic rings. The summed E-state index contributed by atoms with van der Waals surface area (Å²) >= 11 is 0. The van der Waals surface area contributed by atoms with E-state index in [4.69, 9.17) is 0 Å². The van der Waals surface area contributed by atoms with Gasteiger partial charge in [-0.25, -0.2) is 8.78 Å². The van der Waals surface area contributed by atoms with Crippen LogP contribution in [-0.2, 0) is 24.3 Å². The summed E-state index contributed by atoms with van der Waals surface area (Å²) < 4.78 is 114. The SMILES string of the molecule is CCC1(CC)Cc2c(C)c(F)c(-c3cc(C(F)(F)F)cc(C(F)(F)F)c3)c(F)c2-c2ccc(C)c[n+]21. The fourth-order valence-electron chi connectivity index (χ4n) is 5.16. The molecule has 9 heteroatoms. The molecule has 36 heavy (non-hydrogen) atoms. The highest BCUT2D eigenvalue weighted by Crippen LogP contribution is 2.45. The second kappa shape index (κ2) is 8.56. The summed E-state index contributed by atoms with van der Waals surface area (Å²) in [5.74, 6) is -2.35. The van der Waals surface area contributed by atoms with Gasteiger partial charge in [-0.05, 0) is 54.8 Å². The van der Waals surface area contributed by atoms with Gasteiger partial charge in [-0.3, -0.25) is 0 Å². The second-order valence-electron chi connectivity index (χ2n) is 9.35. The molecule has 0 saturated heterocycles. The third-order valence-electron chi connectivity index (χ3n) is 7.30. The minimum Gasteiger partial charge on any atom is -0.206 e. The average Bonchev–Trinajstić information content (AvgIpc) is 2.80. The molecule has 0 unspecified atom stereocenters. The van der Waals surface area contributed by atoms with E-state index in [0.717, 1.165) is 5.56 Å². The van der Waals surface area contributed by atoms with Crippen molar-refractivity contribution in [2.45, 2.75) is 64.8 Å². The molecule has 2 aromatic carbocycles. The van der Waals surface area contributed by atoms with Gasteiger partial charge >= 0.3 is 12.4 Å². The number of aryl methyl sites for hydroxylation is 1. The molecule has 3 aromatic rings. The molecule has 0 saturated carbocycles. The maximum absolute atomic E-state index is 16.2. The smallest absolute Gasteiger partial charge is 0.206 e. The predicted molar refractivity (Wildman–Crippen MR) is 119 cm³/mol. The van der Waals surface area contributed by atoms with Crippen LogP contribution in [0.1, 0.15) is 54.5 Å². The number of benzene rings is 2.